The van der Waals surface area contributed by atoms with Crippen LogP contribution in [-0.2, 0) is 11.2 Å². The van der Waals surface area contributed by atoms with Gasteiger partial charge in [-0.3, -0.25) is 14.9 Å². The van der Waals surface area contributed by atoms with Crippen molar-refractivity contribution in [3.63, 3.8) is 0 Å². The van der Waals surface area contributed by atoms with Crippen LogP contribution >= 0.6 is 0 Å². The van der Waals surface area contributed by atoms with Crippen LogP contribution in [0, 0.1) is 17.0 Å². The molecule has 2 heterocycles. The van der Waals surface area contributed by atoms with E-state index < -0.39 is 4.92 Å². The number of aliphatic imine (C=N–C) groups is 1. The van der Waals surface area contributed by atoms with Gasteiger partial charge in [-0.15, -0.1) is 0 Å². The van der Waals surface area contributed by atoms with E-state index in [-0.39, 0.29) is 17.5 Å². The highest BCUT2D eigenvalue weighted by molar-refractivity contribution is 6.22. The summed E-state index contributed by atoms with van der Waals surface area (Å²) in [4.78, 5) is 37.5. The van der Waals surface area contributed by atoms with Crippen molar-refractivity contribution in [2.24, 2.45) is 4.99 Å². The van der Waals surface area contributed by atoms with Crippen LogP contribution in [0.4, 0.5) is 11.4 Å². The molecule has 0 saturated carbocycles. The minimum Gasteiger partial charge on any atom is -0.494 e. The second-order valence-electron chi connectivity index (χ2n) is 9.51. The number of carbonyl (C=O) groups is 1. The summed E-state index contributed by atoms with van der Waals surface area (Å²) in [5.74, 6) is 0.641. The van der Waals surface area contributed by atoms with Crippen molar-refractivity contribution in [3.8, 4) is 17.1 Å². The maximum atomic E-state index is 11.5. The van der Waals surface area contributed by atoms with E-state index in [2.05, 4.69) is 20.3 Å². The Hall–Kier alpha value is -5.25. The SMILES string of the molecule is CC(=O)NCCCc1ccc(C(=Nc2ccc(-c3cnc(C)[nH]3)cc2)c2c(O)[nH]c3ccc([N+](=O)[O-])cc23)cc1. The number of fused-ring (bicyclic) bond motifs is 1. The van der Waals surface area contributed by atoms with Crippen LogP contribution in [0.25, 0.3) is 22.2 Å². The average molecular weight is 537 g/mol. The van der Waals surface area contributed by atoms with Crippen LogP contribution in [0.1, 0.15) is 35.9 Å². The van der Waals surface area contributed by atoms with Crippen LogP contribution in [0.2, 0.25) is 0 Å². The first-order valence-corrected chi connectivity index (χ1v) is 12.8. The summed E-state index contributed by atoms with van der Waals surface area (Å²) in [5, 5.41) is 25.8. The minimum absolute atomic E-state index is 0.0531. The molecule has 1 amide bonds. The first-order chi connectivity index (χ1) is 19.3. The Bertz CT molecular complexity index is 1720. The van der Waals surface area contributed by atoms with E-state index >= 15 is 0 Å². The van der Waals surface area contributed by atoms with Gasteiger partial charge in [-0.25, -0.2) is 9.98 Å². The number of non-ortho nitro benzene ring substituents is 1. The number of benzene rings is 3. The van der Waals surface area contributed by atoms with Gasteiger partial charge in [-0.05, 0) is 49.1 Å². The van der Waals surface area contributed by atoms with Crippen LogP contribution in [-0.4, -0.2) is 43.1 Å². The smallest absolute Gasteiger partial charge is 0.270 e. The Morgan fingerprint density at radius 2 is 1.82 bits per heavy atom. The highest BCUT2D eigenvalue weighted by Gasteiger charge is 2.21. The molecule has 0 unspecified atom stereocenters. The molecule has 10 heteroatoms. The van der Waals surface area contributed by atoms with E-state index in [4.69, 9.17) is 4.99 Å². The molecule has 0 atom stereocenters. The molecule has 0 radical (unpaired) electrons. The van der Waals surface area contributed by atoms with Crippen molar-refractivity contribution in [1.29, 1.82) is 0 Å². The fourth-order valence-corrected chi connectivity index (χ4v) is 4.58. The van der Waals surface area contributed by atoms with Crippen molar-refractivity contribution in [3.05, 3.63) is 106 Å². The van der Waals surface area contributed by atoms with Crippen molar-refractivity contribution in [1.82, 2.24) is 20.3 Å². The van der Waals surface area contributed by atoms with E-state index in [1.807, 2.05) is 55.5 Å². The summed E-state index contributed by atoms with van der Waals surface area (Å²) in [5.41, 5.74) is 5.65. The quantitative estimate of drug-likeness (QED) is 0.0823. The van der Waals surface area contributed by atoms with Crippen LogP contribution in [0.5, 0.6) is 5.88 Å². The molecule has 5 aromatic rings. The minimum atomic E-state index is -0.463. The van der Waals surface area contributed by atoms with Gasteiger partial charge in [0, 0.05) is 42.1 Å². The monoisotopic (exact) mass is 536 g/mol. The number of nitro benzene ring substituents is 1. The predicted octanol–water partition coefficient (Wildman–Crippen LogP) is 5.72. The summed E-state index contributed by atoms with van der Waals surface area (Å²) in [7, 11) is 0. The third-order valence-corrected chi connectivity index (χ3v) is 6.58. The maximum absolute atomic E-state index is 11.5. The molecule has 0 fully saturated rings. The lowest BCUT2D eigenvalue weighted by Gasteiger charge is -2.10. The number of H-pyrrole nitrogens is 2. The number of aromatic nitrogens is 3. The molecule has 2 aromatic heterocycles. The number of amides is 1. The zero-order valence-corrected chi connectivity index (χ0v) is 22.1. The number of nitrogens with zero attached hydrogens (tertiary/aromatic N) is 3. The van der Waals surface area contributed by atoms with Gasteiger partial charge in [-0.1, -0.05) is 36.4 Å². The molecule has 0 saturated heterocycles. The molecule has 0 spiro atoms. The van der Waals surface area contributed by atoms with E-state index in [0.29, 0.717) is 34.4 Å². The summed E-state index contributed by atoms with van der Waals surface area (Å²) >= 11 is 0. The van der Waals surface area contributed by atoms with Crippen molar-refractivity contribution < 1.29 is 14.8 Å². The summed E-state index contributed by atoms with van der Waals surface area (Å²) in [6.45, 7) is 3.98. The fraction of sp³-hybridized carbons (Fsp3) is 0.167. The first kappa shape index (κ1) is 26.4. The number of nitrogens with one attached hydrogen (secondary N) is 3. The van der Waals surface area contributed by atoms with Crippen LogP contribution < -0.4 is 5.32 Å². The Morgan fingerprint density at radius 3 is 2.48 bits per heavy atom. The summed E-state index contributed by atoms with van der Waals surface area (Å²) in [6, 6.07) is 19.8. The highest BCUT2D eigenvalue weighted by Crippen LogP contribution is 2.34. The molecule has 0 bridgehead atoms. The Labute approximate surface area is 230 Å². The number of rotatable bonds is 9. The van der Waals surface area contributed by atoms with Gasteiger partial charge >= 0.3 is 0 Å². The van der Waals surface area contributed by atoms with Gasteiger partial charge in [0.15, 0.2) is 5.88 Å². The summed E-state index contributed by atoms with van der Waals surface area (Å²) < 4.78 is 0. The lowest BCUT2D eigenvalue weighted by Crippen LogP contribution is -2.21. The second-order valence-corrected chi connectivity index (χ2v) is 9.51. The Kier molecular flexibility index (Phi) is 7.41. The molecule has 10 nitrogen and oxygen atoms in total. The molecule has 202 valence electrons. The van der Waals surface area contributed by atoms with Gasteiger partial charge in [0.1, 0.15) is 5.82 Å². The Morgan fingerprint density at radius 1 is 1.07 bits per heavy atom. The molecule has 3 aromatic carbocycles. The van der Waals surface area contributed by atoms with E-state index in [1.165, 1.54) is 19.1 Å². The van der Waals surface area contributed by atoms with Gasteiger partial charge < -0.3 is 20.4 Å². The maximum Gasteiger partial charge on any atom is 0.270 e. The number of hydrogen-bond acceptors (Lipinski definition) is 6. The molecule has 0 aliphatic carbocycles. The van der Waals surface area contributed by atoms with E-state index in [0.717, 1.165) is 41.1 Å². The topological polar surface area (TPSA) is 149 Å². The number of carbonyl (C=O) groups excluding carboxylic acids is 1. The Balaban J connectivity index is 1.55. The number of aromatic hydroxyl groups is 1. The van der Waals surface area contributed by atoms with Crippen LogP contribution in [0.3, 0.4) is 0 Å². The lowest BCUT2D eigenvalue weighted by atomic mass is 9.98. The largest absolute Gasteiger partial charge is 0.494 e. The summed E-state index contributed by atoms with van der Waals surface area (Å²) in [6.07, 6.45) is 3.36. The van der Waals surface area contributed by atoms with Gasteiger partial charge in [-0.2, -0.15) is 0 Å². The number of nitro groups is 1. The molecule has 5 rings (SSSR count). The van der Waals surface area contributed by atoms with E-state index in [1.54, 1.807) is 12.3 Å². The highest BCUT2D eigenvalue weighted by atomic mass is 16.6. The van der Waals surface area contributed by atoms with Gasteiger partial charge in [0.25, 0.3) is 5.69 Å². The van der Waals surface area contributed by atoms with Gasteiger partial charge in [0.05, 0.1) is 33.8 Å². The zero-order valence-electron chi connectivity index (χ0n) is 22.1. The molecule has 0 aliphatic rings. The molecule has 0 aliphatic heterocycles. The third-order valence-electron chi connectivity index (χ3n) is 6.58. The molecule has 40 heavy (non-hydrogen) atoms. The third kappa shape index (κ3) is 5.75. The average Bonchev–Trinajstić information content (AvgIpc) is 3.52. The standard InChI is InChI=1S/C30H28N6O4/c1-18-32-17-27(33-18)21-9-11-23(12-10-21)34-29(22-7-5-20(6-8-22)4-3-15-31-19(2)37)28-25-16-24(36(39)40)13-14-26(25)35-30(28)38/h5-14,16-17,35,38H,3-4,15H2,1-2H3,(H,31,37)(H,32,33). The van der Waals surface area contributed by atoms with Crippen molar-refractivity contribution in [2.45, 2.75) is 26.7 Å². The van der Waals surface area contributed by atoms with Gasteiger partial charge in [0.2, 0.25) is 5.91 Å². The number of imidazole rings is 1. The fourth-order valence-electron chi connectivity index (χ4n) is 4.58. The van der Waals surface area contributed by atoms with Crippen LogP contribution in [0.15, 0.2) is 77.9 Å². The molecular formula is C30H28N6O4. The van der Waals surface area contributed by atoms with E-state index in [9.17, 15) is 20.0 Å². The zero-order chi connectivity index (χ0) is 28.2. The second kappa shape index (κ2) is 11.2. The van der Waals surface area contributed by atoms with Crippen molar-refractivity contribution >= 4 is 33.9 Å². The number of aryl methyl sites for hydroxylation is 2. The molecule has 4 N–H and O–H groups in total. The molecular weight excluding hydrogens is 508 g/mol. The first-order valence-electron chi connectivity index (χ1n) is 12.8. The lowest BCUT2D eigenvalue weighted by molar-refractivity contribution is -0.384. The number of aromatic amines is 2. The number of hydrogen-bond donors (Lipinski definition) is 4. The predicted molar refractivity (Wildman–Crippen MR) is 154 cm³/mol. The van der Waals surface area contributed by atoms with Crippen molar-refractivity contribution in [2.75, 3.05) is 6.54 Å². The normalized spacial score (nSPS) is 11.6.